The molecule has 1 aromatic heterocycles. The topological polar surface area (TPSA) is 25.4 Å². The van der Waals surface area contributed by atoms with Gasteiger partial charge in [0.25, 0.3) is 0 Å². The molecule has 2 heterocycles. The van der Waals surface area contributed by atoms with Gasteiger partial charge in [0.1, 0.15) is 5.15 Å². The van der Waals surface area contributed by atoms with Gasteiger partial charge in [-0.3, -0.25) is 0 Å². The number of anilines is 1. The molecule has 3 nitrogen and oxygen atoms in total. The zero-order chi connectivity index (χ0) is 11.5. The van der Waals surface area contributed by atoms with Gasteiger partial charge in [-0.2, -0.15) is 0 Å². The van der Waals surface area contributed by atoms with Crippen molar-refractivity contribution in [3.63, 3.8) is 0 Å². The summed E-state index contributed by atoms with van der Waals surface area (Å²) in [5.74, 6) is 0.428. The Bertz CT molecular complexity index is 359. The van der Waals surface area contributed by atoms with Gasteiger partial charge in [-0.05, 0) is 6.42 Å². The van der Waals surface area contributed by atoms with Gasteiger partial charge in [-0.1, -0.05) is 29.9 Å². The molecule has 1 aromatic rings. The molecule has 0 radical (unpaired) electrons. The molecular formula is C10H14Cl2N2OS. The lowest BCUT2D eigenvalue weighted by Gasteiger charge is -2.34. The number of thiazole rings is 1. The third kappa shape index (κ3) is 2.45. The molecule has 2 rings (SSSR count). The van der Waals surface area contributed by atoms with Crippen molar-refractivity contribution >= 4 is 39.7 Å². The van der Waals surface area contributed by atoms with Gasteiger partial charge >= 0.3 is 0 Å². The maximum absolute atomic E-state index is 6.01. The Labute approximate surface area is 109 Å². The average Bonchev–Trinajstić information content (AvgIpc) is 2.70. The summed E-state index contributed by atoms with van der Waals surface area (Å²) in [6.45, 7) is 4.56. The van der Waals surface area contributed by atoms with Gasteiger partial charge in [0.2, 0.25) is 0 Å². The van der Waals surface area contributed by atoms with E-state index in [4.69, 9.17) is 27.9 Å². The normalized spacial score (nSPS) is 21.4. The van der Waals surface area contributed by atoms with Crippen LogP contribution in [0.1, 0.15) is 18.2 Å². The second kappa shape index (κ2) is 5.54. The monoisotopic (exact) mass is 280 g/mol. The lowest BCUT2D eigenvalue weighted by Crippen LogP contribution is -2.45. The molecule has 6 heteroatoms. The lowest BCUT2D eigenvalue weighted by molar-refractivity contribution is 0.0930. The smallest absolute Gasteiger partial charge is 0.187 e. The third-order valence-electron chi connectivity index (χ3n) is 2.70. The average molecular weight is 281 g/mol. The van der Waals surface area contributed by atoms with Crippen molar-refractivity contribution in [2.45, 2.75) is 25.3 Å². The van der Waals surface area contributed by atoms with E-state index in [1.807, 2.05) is 0 Å². The molecular weight excluding hydrogens is 267 g/mol. The molecule has 0 spiro atoms. The molecule has 1 aliphatic heterocycles. The molecule has 1 atom stereocenters. The molecule has 90 valence electrons. The fourth-order valence-electron chi connectivity index (χ4n) is 1.77. The Morgan fingerprint density at radius 2 is 2.44 bits per heavy atom. The molecule has 1 saturated heterocycles. The highest BCUT2D eigenvalue weighted by atomic mass is 35.5. The van der Waals surface area contributed by atoms with E-state index in [1.54, 1.807) is 11.3 Å². The standard InChI is InChI=1S/C10H14Cl2N2OS/c1-2-7-6-15-4-3-14(7)10-13-9(12)8(5-11)16-10/h7H,2-6H2,1H3. The lowest BCUT2D eigenvalue weighted by atomic mass is 10.2. The molecule has 0 aromatic carbocycles. The number of halogens is 2. The highest BCUT2D eigenvalue weighted by molar-refractivity contribution is 7.16. The predicted molar refractivity (Wildman–Crippen MR) is 68.9 cm³/mol. The number of hydrogen-bond donors (Lipinski definition) is 0. The van der Waals surface area contributed by atoms with Crippen LogP contribution in [0.2, 0.25) is 5.15 Å². The molecule has 0 aliphatic carbocycles. The number of alkyl halides is 1. The number of rotatable bonds is 3. The van der Waals surface area contributed by atoms with Crippen molar-refractivity contribution in [3.8, 4) is 0 Å². The van der Waals surface area contributed by atoms with Gasteiger partial charge in [0.05, 0.1) is 30.0 Å². The molecule has 1 fully saturated rings. The van der Waals surface area contributed by atoms with Crippen molar-refractivity contribution in [1.82, 2.24) is 4.98 Å². The second-order valence-corrected chi connectivity index (χ2v) is 5.36. The quantitative estimate of drug-likeness (QED) is 0.796. The predicted octanol–water partition coefficient (Wildman–Crippen LogP) is 3.15. The maximum atomic E-state index is 6.01. The highest BCUT2D eigenvalue weighted by Gasteiger charge is 2.25. The summed E-state index contributed by atoms with van der Waals surface area (Å²) < 4.78 is 5.46. The van der Waals surface area contributed by atoms with Crippen molar-refractivity contribution in [3.05, 3.63) is 10.0 Å². The minimum absolute atomic E-state index is 0.402. The number of nitrogens with zero attached hydrogens (tertiary/aromatic N) is 2. The van der Waals surface area contributed by atoms with Crippen LogP contribution in [0.4, 0.5) is 5.13 Å². The van der Waals surface area contributed by atoms with Crippen LogP contribution in [0.25, 0.3) is 0 Å². The van der Waals surface area contributed by atoms with E-state index in [1.165, 1.54) is 0 Å². The largest absolute Gasteiger partial charge is 0.377 e. The highest BCUT2D eigenvalue weighted by Crippen LogP contribution is 2.32. The zero-order valence-corrected chi connectivity index (χ0v) is 11.4. The summed E-state index contributed by atoms with van der Waals surface area (Å²) in [7, 11) is 0. The van der Waals surface area contributed by atoms with E-state index in [2.05, 4.69) is 16.8 Å². The third-order valence-corrected chi connectivity index (χ3v) is 4.65. The van der Waals surface area contributed by atoms with Crippen molar-refractivity contribution in [2.75, 3.05) is 24.7 Å². The summed E-state index contributed by atoms with van der Waals surface area (Å²) in [5.41, 5.74) is 0. The number of hydrogen-bond acceptors (Lipinski definition) is 4. The van der Waals surface area contributed by atoms with E-state index in [0.29, 0.717) is 17.1 Å². The van der Waals surface area contributed by atoms with Crippen LogP contribution >= 0.6 is 34.5 Å². The number of ether oxygens (including phenoxy) is 1. The minimum atomic E-state index is 0.402. The van der Waals surface area contributed by atoms with Gasteiger partial charge in [0.15, 0.2) is 5.13 Å². The van der Waals surface area contributed by atoms with E-state index in [0.717, 1.165) is 36.2 Å². The molecule has 0 N–H and O–H groups in total. The van der Waals surface area contributed by atoms with E-state index in [9.17, 15) is 0 Å². The van der Waals surface area contributed by atoms with E-state index >= 15 is 0 Å². The fraction of sp³-hybridized carbons (Fsp3) is 0.700. The summed E-state index contributed by atoms with van der Waals surface area (Å²) in [6, 6.07) is 0.402. The number of morpholine rings is 1. The van der Waals surface area contributed by atoms with Crippen molar-refractivity contribution in [2.24, 2.45) is 0 Å². The Hall–Kier alpha value is -0.0300. The first kappa shape index (κ1) is 12.4. The molecule has 16 heavy (non-hydrogen) atoms. The molecule has 0 bridgehead atoms. The maximum Gasteiger partial charge on any atom is 0.187 e. The Balaban J connectivity index is 2.20. The summed E-state index contributed by atoms with van der Waals surface area (Å²) in [5, 5.41) is 1.51. The molecule has 1 aliphatic rings. The van der Waals surface area contributed by atoms with Gasteiger partial charge in [-0.25, -0.2) is 4.98 Å². The fourth-order valence-corrected chi connectivity index (χ4v) is 3.34. The van der Waals surface area contributed by atoms with Gasteiger partial charge in [0, 0.05) is 6.54 Å². The Morgan fingerprint density at radius 1 is 1.62 bits per heavy atom. The first-order chi connectivity index (χ1) is 7.76. The van der Waals surface area contributed by atoms with Crippen LogP contribution in [-0.4, -0.2) is 30.8 Å². The van der Waals surface area contributed by atoms with E-state index < -0.39 is 0 Å². The molecule has 0 amide bonds. The van der Waals surface area contributed by atoms with Crippen molar-refractivity contribution in [1.29, 1.82) is 0 Å². The van der Waals surface area contributed by atoms with Crippen LogP contribution in [0.15, 0.2) is 0 Å². The van der Waals surface area contributed by atoms with Crippen LogP contribution in [-0.2, 0) is 10.6 Å². The van der Waals surface area contributed by atoms with Crippen molar-refractivity contribution < 1.29 is 4.74 Å². The first-order valence-electron chi connectivity index (χ1n) is 5.31. The van der Waals surface area contributed by atoms with Gasteiger partial charge < -0.3 is 9.64 Å². The van der Waals surface area contributed by atoms with E-state index in [-0.39, 0.29) is 0 Å². The van der Waals surface area contributed by atoms with Crippen LogP contribution in [0, 0.1) is 0 Å². The van der Waals surface area contributed by atoms with Crippen LogP contribution < -0.4 is 4.90 Å². The number of aromatic nitrogens is 1. The van der Waals surface area contributed by atoms with Crippen LogP contribution in [0.5, 0.6) is 0 Å². The first-order valence-corrected chi connectivity index (χ1v) is 7.04. The summed E-state index contributed by atoms with van der Waals surface area (Å²) in [6.07, 6.45) is 1.05. The Kier molecular flexibility index (Phi) is 4.30. The van der Waals surface area contributed by atoms with Crippen LogP contribution in [0.3, 0.4) is 0 Å². The molecule has 0 saturated carbocycles. The Morgan fingerprint density at radius 3 is 3.06 bits per heavy atom. The van der Waals surface area contributed by atoms with Gasteiger partial charge in [-0.15, -0.1) is 11.6 Å². The summed E-state index contributed by atoms with van der Waals surface area (Å²) in [4.78, 5) is 7.59. The zero-order valence-electron chi connectivity index (χ0n) is 9.08. The molecule has 1 unspecified atom stereocenters. The second-order valence-electron chi connectivity index (χ2n) is 3.67. The minimum Gasteiger partial charge on any atom is -0.377 e. The summed E-state index contributed by atoms with van der Waals surface area (Å²) >= 11 is 13.4. The SMILES string of the molecule is CCC1COCCN1c1nc(Cl)c(CCl)s1.